The molecule has 2 heterocycles. The number of benzene rings is 9. The quantitative estimate of drug-likeness (QED) is 0.168. The van der Waals surface area contributed by atoms with Gasteiger partial charge in [-0.3, -0.25) is 0 Å². The Bertz CT molecular complexity index is 3330. The molecule has 11 aromatic rings. The zero-order chi connectivity index (χ0) is 40.0. The van der Waals surface area contributed by atoms with Gasteiger partial charge in [0.2, 0.25) is 0 Å². The molecule has 0 saturated heterocycles. The zero-order valence-corrected chi connectivity index (χ0v) is 33.4. The molecule has 1 aliphatic carbocycles. The van der Waals surface area contributed by atoms with E-state index in [1.165, 1.54) is 55.4 Å². The third-order valence-corrected chi connectivity index (χ3v) is 12.8. The standard InChI is InChI=1S/C57H40N2O/c1-57(2)48-24-14-12-23-46(48)52-50(58(42-30-26-39(27-31-42)37-16-6-3-7-17-37)43-32-28-40(29-33-43)38-18-8-4-9-19-38)36-47-53-49(59(55(47)54(52)57)41-20-10-5-11-21-41)35-34-45-44-22-13-15-25-51(44)60-56(45)53/h3-36H,1-2H3. The van der Waals surface area contributed by atoms with Crippen molar-refractivity contribution in [3.8, 4) is 39.1 Å². The minimum atomic E-state index is -0.325. The summed E-state index contributed by atoms with van der Waals surface area (Å²) in [5, 5.41) is 4.54. The van der Waals surface area contributed by atoms with E-state index in [1.807, 2.05) is 0 Å². The van der Waals surface area contributed by atoms with E-state index in [0.717, 1.165) is 55.6 Å². The Hall–Kier alpha value is -7.62. The van der Waals surface area contributed by atoms with Gasteiger partial charge in [-0.25, -0.2) is 0 Å². The predicted octanol–water partition coefficient (Wildman–Crippen LogP) is 15.8. The first-order chi connectivity index (χ1) is 29.5. The monoisotopic (exact) mass is 768 g/mol. The molecule has 0 unspecified atom stereocenters. The van der Waals surface area contributed by atoms with Crippen molar-refractivity contribution < 1.29 is 4.42 Å². The Balaban J connectivity index is 1.22. The highest BCUT2D eigenvalue weighted by atomic mass is 16.3. The number of anilines is 3. The van der Waals surface area contributed by atoms with E-state index in [2.05, 4.69) is 230 Å². The van der Waals surface area contributed by atoms with Gasteiger partial charge in [0, 0.05) is 44.2 Å². The molecule has 0 atom stereocenters. The van der Waals surface area contributed by atoms with Crippen LogP contribution in [-0.4, -0.2) is 4.57 Å². The van der Waals surface area contributed by atoms with Gasteiger partial charge in [-0.1, -0.05) is 159 Å². The van der Waals surface area contributed by atoms with Crippen LogP contribution in [0.25, 0.3) is 82.8 Å². The van der Waals surface area contributed by atoms with Gasteiger partial charge in [0.15, 0.2) is 0 Å². The normalized spacial score (nSPS) is 13.0. The zero-order valence-electron chi connectivity index (χ0n) is 33.4. The van der Waals surface area contributed by atoms with Crippen LogP contribution < -0.4 is 4.90 Å². The van der Waals surface area contributed by atoms with Crippen molar-refractivity contribution in [2.45, 2.75) is 19.3 Å². The minimum Gasteiger partial charge on any atom is -0.455 e. The summed E-state index contributed by atoms with van der Waals surface area (Å²) in [6.07, 6.45) is 0. The maximum absolute atomic E-state index is 6.91. The molecule has 60 heavy (non-hydrogen) atoms. The molecule has 0 aliphatic heterocycles. The van der Waals surface area contributed by atoms with Crippen molar-refractivity contribution in [3.05, 3.63) is 217 Å². The molecule has 9 aromatic carbocycles. The number of furan rings is 1. The lowest BCUT2D eigenvalue weighted by Crippen LogP contribution is -2.18. The highest BCUT2D eigenvalue weighted by Crippen LogP contribution is 2.58. The number of fused-ring (bicyclic) bond motifs is 11. The summed E-state index contributed by atoms with van der Waals surface area (Å²) < 4.78 is 9.40. The van der Waals surface area contributed by atoms with Crippen LogP contribution in [0.4, 0.5) is 17.1 Å². The van der Waals surface area contributed by atoms with Gasteiger partial charge in [0.1, 0.15) is 11.2 Å². The van der Waals surface area contributed by atoms with Crippen LogP contribution in [0, 0.1) is 0 Å². The summed E-state index contributed by atoms with van der Waals surface area (Å²) in [5.41, 5.74) is 18.2. The van der Waals surface area contributed by atoms with Crippen LogP contribution in [0.15, 0.2) is 211 Å². The molecule has 0 amide bonds. The fraction of sp³-hybridized carbons (Fsp3) is 0.0526. The van der Waals surface area contributed by atoms with Crippen molar-refractivity contribution >= 4 is 60.8 Å². The molecular formula is C57H40N2O. The second kappa shape index (κ2) is 13.2. The van der Waals surface area contributed by atoms with Crippen LogP contribution in [0.2, 0.25) is 0 Å². The average Bonchev–Trinajstić information content (AvgIpc) is 3.93. The average molecular weight is 769 g/mol. The lowest BCUT2D eigenvalue weighted by Gasteiger charge is -2.30. The number of hydrogen-bond donors (Lipinski definition) is 0. The molecule has 284 valence electrons. The van der Waals surface area contributed by atoms with Crippen molar-refractivity contribution in [1.82, 2.24) is 4.57 Å². The lowest BCUT2D eigenvalue weighted by molar-refractivity contribution is 0.664. The van der Waals surface area contributed by atoms with Gasteiger partial charge in [-0.15, -0.1) is 0 Å². The van der Waals surface area contributed by atoms with E-state index < -0.39 is 0 Å². The Labute approximate surface area is 349 Å². The summed E-state index contributed by atoms with van der Waals surface area (Å²) in [6, 6.07) is 74.7. The molecule has 0 spiro atoms. The van der Waals surface area contributed by atoms with Crippen molar-refractivity contribution in [1.29, 1.82) is 0 Å². The summed E-state index contributed by atoms with van der Waals surface area (Å²) in [7, 11) is 0. The molecular weight excluding hydrogens is 729 g/mol. The SMILES string of the molecule is CC1(C)c2ccccc2-c2c(N(c3ccc(-c4ccccc4)cc3)c3ccc(-c4ccccc4)cc3)cc3c4c5oc6ccccc6c5ccc4n(-c4ccccc4)c3c21. The van der Waals surface area contributed by atoms with Gasteiger partial charge >= 0.3 is 0 Å². The van der Waals surface area contributed by atoms with Gasteiger partial charge < -0.3 is 13.9 Å². The van der Waals surface area contributed by atoms with Gasteiger partial charge in [-0.05, 0) is 99.6 Å². The van der Waals surface area contributed by atoms with Crippen LogP contribution >= 0.6 is 0 Å². The molecule has 0 fully saturated rings. The van der Waals surface area contributed by atoms with Crippen molar-refractivity contribution in [2.24, 2.45) is 0 Å². The van der Waals surface area contributed by atoms with E-state index in [9.17, 15) is 0 Å². The summed E-state index contributed by atoms with van der Waals surface area (Å²) in [4.78, 5) is 2.48. The third kappa shape index (κ3) is 5.09. The second-order valence-corrected chi connectivity index (χ2v) is 16.5. The molecule has 2 aromatic heterocycles. The van der Waals surface area contributed by atoms with E-state index in [0.29, 0.717) is 0 Å². The third-order valence-electron chi connectivity index (χ3n) is 12.8. The fourth-order valence-corrected chi connectivity index (χ4v) is 10.0. The van der Waals surface area contributed by atoms with Crippen LogP contribution in [0.3, 0.4) is 0 Å². The van der Waals surface area contributed by atoms with Crippen LogP contribution in [-0.2, 0) is 5.41 Å². The van der Waals surface area contributed by atoms with E-state index in [-0.39, 0.29) is 5.41 Å². The van der Waals surface area contributed by atoms with Gasteiger partial charge in [0.25, 0.3) is 0 Å². The molecule has 0 saturated carbocycles. The molecule has 0 bridgehead atoms. The maximum Gasteiger partial charge on any atom is 0.145 e. The van der Waals surface area contributed by atoms with Crippen molar-refractivity contribution in [2.75, 3.05) is 4.90 Å². The number of rotatable bonds is 6. The van der Waals surface area contributed by atoms with Gasteiger partial charge in [-0.2, -0.15) is 0 Å². The number of hydrogen-bond acceptors (Lipinski definition) is 2. The smallest absolute Gasteiger partial charge is 0.145 e. The van der Waals surface area contributed by atoms with Gasteiger partial charge in [0.05, 0.1) is 22.1 Å². The Morgan fingerprint density at radius 1 is 0.483 bits per heavy atom. The molecule has 0 N–H and O–H groups in total. The number of aromatic nitrogens is 1. The predicted molar refractivity (Wildman–Crippen MR) is 251 cm³/mol. The lowest BCUT2D eigenvalue weighted by atomic mass is 9.81. The highest BCUT2D eigenvalue weighted by Gasteiger charge is 2.41. The first kappa shape index (κ1) is 34.4. The number of nitrogens with zero attached hydrogens (tertiary/aromatic N) is 2. The number of para-hydroxylation sites is 2. The van der Waals surface area contributed by atoms with E-state index in [4.69, 9.17) is 4.42 Å². The largest absolute Gasteiger partial charge is 0.455 e. The molecule has 3 nitrogen and oxygen atoms in total. The summed E-state index contributed by atoms with van der Waals surface area (Å²) in [6.45, 7) is 4.80. The first-order valence-electron chi connectivity index (χ1n) is 20.8. The maximum atomic E-state index is 6.91. The Morgan fingerprint density at radius 2 is 1.03 bits per heavy atom. The highest BCUT2D eigenvalue weighted by molar-refractivity contribution is 6.26. The summed E-state index contributed by atoms with van der Waals surface area (Å²) >= 11 is 0. The Morgan fingerprint density at radius 3 is 1.68 bits per heavy atom. The Kier molecular flexibility index (Phi) is 7.58. The van der Waals surface area contributed by atoms with Crippen molar-refractivity contribution in [3.63, 3.8) is 0 Å². The molecule has 0 radical (unpaired) electrons. The van der Waals surface area contributed by atoms with E-state index in [1.54, 1.807) is 0 Å². The topological polar surface area (TPSA) is 21.3 Å². The molecule has 1 aliphatic rings. The van der Waals surface area contributed by atoms with E-state index >= 15 is 0 Å². The fourth-order valence-electron chi connectivity index (χ4n) is 10.0. The van der Waals surface area contributed by atoms with Crippen LogP contribution in [0.5, 0.6) is 0 Å². The van der Waals surface area contributed by atoms with Crippen LogP contribution in [0.1, 0.15) is 25.0 Å². The molecule has 3 heteroatoms. The second-order valence-electron chi connectivity index (χ2n) is 16.5. The first-order valence-corrected chi connectivity index (χ1v) is 20.8. The minimum absolute atomic E-state index is 0.325. The molecule has 12 rings (SSSR count). The summed E-state index contributed by atoms with van der Waals surface area (Å²) in [5.74, 6) is 0.